The molecule has 0 spiro atoms. The summed E-state index contributed by atoms with van der Waals surface area (Å²) in [5, 5.41) is 13.6. The zero-order valence-corrected chi connectivity index (χ0v) is 14.3. The average molecular weight is 324 g/mol. The van der Waals surface area contributed by atoms with Crippen LogP contribution in [0.3, 0.4) is 0 Å². The van der Waals surface area contributed by atoms with Crippen molar-refractivity contribution in [1.29, 1.82) is 5.41 Å². The van der Waals surface area contributed by atoms with Crippen molar-refractivity contribution < 1.29 is 4.79 Å². The SMILES string of the molecule is Cc1ccc(C(NC(C)C)C(=O)Nc2ccc(N)c(C=N)c2)cc1. The number of benzene rings is 2. The molecular weight excluding hydrogens is 300 g/mol. The van der Waals surface area contributed by atoms with Crippen LogP contribution in [0, 0.1) is 12.3 Å². The summed E-state index contributed by atoms with van der Waals surface area (Å²) in [4.78, 5) is 12.8. The van der Waals surface area contributed by atoms with Gasteiger partial charge in [-0.15, -0.1) is 0 Å². The number of nitrogens with one attached hydrogen (secondary N) is 3. The Labute approximate surface area is 142 Å². The van der Waals surface area contributed by atoms with Gasteiger partial charge in [-0.2, -0.15) is 0 Å². The van der Waals surface area contributed by atoms with Gasteiger partial charge in [0.2, 0.25) is 5.91 Å². The summed E-state index contributed by atoms with van der Waals surface area (Å²) < 4.78 is 0. The van der Waals surface area contributed by atoms with Crippen LogP contribution in [0.15, 0.2) is 42.5 Å². The summed E-state index contributed by atoms with van der Waals surface area (Å²) in [6.07, 6.45) is 1.18. The number of amides is 1. The van der Waals surface area contributed by atoms with Crippen molar-refractivity contribution in [2.75, 3.05) is 11.1 Å². The van der Waals surface area contributed by atoms with Crippen LogP contribution in [-0.4, -0.2) is 18.2 Å². The first kappa shape index (κ1) is 17.7. The van der Waals surface area contributed by atoms with Gasteiger partial charge in [0.05, 0.1) is 0 Å². The Kier molecular flexibility index (Phi) is 5.71. The topological polar surface area (TPSA) is 91.0 Å². The lowest BCUT2D eigenvalue weighted by Gasteiger charge is -2.21. The zero-order chi connectivity index (χ0) is 17.7. The second kappa shape index (κ2) is 7.75. The van der Waals surface area contributed by atoms with Gasteiger partial charge in [-0.1, -0.05) is 29.8 Å². The summed E-state index contributed by atoms with van der Waals surface area (Å²) in [6, 6.07) is 12.7. The number of nitrogen functional groups attached to an aromatic ring is 1. The number of nitrogens with two attached hydrogens (primary N) is 1. The fourth-order valence-corrected chi connectivity index (χ4v) is 2.41. The van der Waals surface area contributed by atoms with E-state index in [2.05, 4.69) is 10.6 Å². The van der Waals surface area contributed by atoms with Crippen molar-refractivity contribution in [3.05, 3.63) is 59.2 Å². The molecule has 0 heterocycles. The van der Waals surface area contributed by atoms with Crippen LogP contribution in [0.4, 0.5) is 11.4 Å². The number of carbonyl (C=O) groups is 1. The van der Waals surface area contributed by atoms with Crippen molar-refractivity contribution in [1.82, 2.24) is 5.32 Å². The van der Waals surface area contributed by atoms with E-state index in [9.17, 15) is 4.79 Å². The molecule has 0 saturated heterocycles. The molecule has 0 aliphatic rings. The molecule has 1 unspecified atom stereocenters. The lowest BCUT2D eigenvalue weighted by Crippen LogP contribution is -2.37. The van der Waals surface area contributed by atoms with Gasteiger partial charge in [-0.25, -0.2) is 0 Å². The fraction of sp³-hybridized carbons (Fsp3) is 0.263. The quantitative estimate of drug-likeness (QED) is 0.485. The van der Waals surface area contributed by atoms with Crippen LogP contribution in [0.25, 0.3) is 0 Å². The van der Waals surface area contributed by atoms with Crippen molar-refractivity contribution in [2.24, 2.45) is 0 Å². The van der Waals surface area contributed by atoms with Crippen LogP contribution in [0.2, 0.25) is 0 Å². The lowest BCUT2D eigenvalue weighted by molar-refractivity contribution is -0.118. The van der Waals surface area contributed by atoms with Crippen LogP contribution in [-0.2, 0) is 4.79 Å². The van der Waals surface area contributed by atoms with Crippen molar-refractivity contribution in [3.8, 4) is 0 Å². The second-order valence-electron chi connectivity index (χ2n) is 6.14. The third-order valence-electron chi connectivity index (χ3n) is 3.68. The highest BCUT2D eigenvalue weighted by atomic mass is 16.2. The van der Waals surface area contributed by atoms with E-state index in [1.807, 2.05) is 45.0 Å². The molecule has 2 rings (SSSR count). The summed E-state index contributed by atoms with van der Waals surface area (Å²) in [7, 11) is 0. The molecule has 0 saturated carbocycles. The van der Waals surface area contributed by atoms with Gasteiger partial charge in [0.25, 0.3) is 0 Å². The minimum absolute atomic E-state index is 0.145. The van der Waals surface area contributed by atoms with E-state index in [1.54, 1.807) is 18.2 Å². The molecule has 126 valence electrons. The Hall–Kier alpha value is -2.66. The Balaban J connectivity index is 2.24. The van der Waals surface area contributed by atoms with Crippen molar-refractivity contribution >= 4 is 23.5 Å². The number of anilines is 2. The summed E-state index contributed by atoms with van der Waals surface area (Å²) >= 11 is 0. The molecule has 2 aromatic rings. The first-order valence-corrected chi connectivity index (χ1v) is 7.94. The van der Waals surface area contributed by atoms with Gasteiger partial charge in [0, 0.05) is 29.2 Å². The molecule has 0 radical (unpaired) electrons. The summed E-state index contributed by atoms with van der Waals surface area (Å²) in [5.41, 5.74) is 9.56. The molecule has 0 aromatic heterocycles. The smallest absolute Gasteiger partial charge is 0.246 e. The van der Waals surface area contributed by atoms with E-state index in [4.69, 9.17) is 11.1 Å². The minimum Gasteiger partial charge on any atom is -0.398 e. The van der Waals surface area contributed by atoms with E-state index in [-0.39, 0.29) is 11.9 Å². The maximum Gasteiger partial charge on any atom is 0.246 e. The number of hydrogen-bond acceptors (Lipinski definition) is 4. The van der Waals surface area contributed by atoms with Gasteiger partial charge in [0.1, 0.15) is 6.04 Å². The molecule has 1 atom stereocenters. The van der Waals surface area contributed by atoms with Crippen LogP contribution < -0.4 is 16.4 Å². The monoisotopic (exact) mass is 324 g/mol. The van der Waals surface area contributed by atoms with E-state index >= 15 is 0 Å². The molecule has 5 heteroatoms. The highest BCUT2D eigenvalue weighted by Gasteiger charge is 2.21. The van der Waals surface area contributed by atoms with E-state index < -0.39 is 6.04 Å². The molecule has 0 aliphatic heterocycles. The van der Waals surface area contributed by atoms with Gasteiger partial charge in [-0.3, -0.25) is 10.1 Å². The fourth-order valence-electron chi connectivity index (χ4n) is 2.41. The highest BCUT2D eigenvalue weighted by Crippen LogP contribution is 2.20. The standard InChI is InChI=1S/C19H24N4O/c1-12(2)22-18(14-6-4-13(3)5-7-14)19(24)23-16-8-9-17(21)15(10-16)11-20/h4-12,18,20,22H,21H2,1-3H3,(H,23,24). The Morgan fingerprint density at radius 1 is 1.17 bits per heavy atom. The Morgan fingerprint density at radius 2 is 1.83 bits per heavy atom. The number of rotatable bonds is 6. The second-order valence-corrected chi connectivity index (χ2v) is 6.14. The largest absolute Gasteiger partial charge is 0.398 e. The zero-order valence-electron chi connectivity index (χ0n) is 14.3. The predicted molar refractivity (Wildman–Crippen MR) is 99.6 cm³/mol. The van der Waals surface area contributed by atoms with Gasteiger partial charge in [0.15, 0.2) is 0 Å². The third kappa shape index (κ3) is 4.43. The molecule has 5 nitrogen and oxygen atoms in total. The molecule has 1 amide bonds. The van der Waals surface area contributed by atoms with Gasteiger partial charge in [-0.05, 0) is 44.5 Å². The molecule has 0 bridgehead atoms. The molecule has 2 aromatic carbocycles. The average Bonchev–Trinajstić information content (AvgIpc) is 2.55. The molecule has 24 heavy (non-hydrogen) atoms. The Bertz CT molecular complexity index is 723. The Morgan fingerprint density at radius 3 is 2.42 bits per heavy atom. The van der Waals surface area contributed by atoms with E-state index in [1.165, 1.54) is 6.21 Å². The minimum atomic E-state index is -0.452. The normalized spacial score (nSPS) is 12.0. The van der Waals surface area contributed by atoms with E-state index in [0.717, 1.165) is 11.1 Å². The first-order valence-electron chi connectivity index (χ1n) is 7.94. The molecule has 0 aliphatic carbocycles. The summed E-state index contributed by atoms with van der Waals surface area (Å²) in [6.45, 7) is 6.03. The number of hydrogen-bond donors (Lipinski definition) is 4. The highest BCUT2D eigenvalue weighted by molar-refractivity contribution is 5.97. The predicted octanol–water partition coefficient (Wildman–Crippen LogP) is 3.25. The first-order chi connectivity index (χ1) is 11.4. The number of carbonyl (C=O) groups excluding carboxylic acids is 1. The summed E-state index contributed by atoms with van der Waals surface area (Å²) in [5.74, 6) is -0.145. The van der Waals surface area contributed by atoms with Gasteiger partial charge < -0.3 is 16.5 Å². The molecule has 5 N–H and O–H groups in total. The van der Waals surface area contributed by atoms with Gasteiger partial charge >= 0.3 is 0 Å². The third-order valence-corrected chi connectivity index (χ3v) is 3.68. The van der Waals surface area contributed by atoms with Crippen molar-refractivity contribution in [2.45, 2.75) is 32.9 Å². The van der Waals surface area contributed by atoms with Crippen molar-refractivity contribution in [3.63, 3.8) is 0 Å². The lowest BCUT2D eigenvalue weighted by atomic mass is 10.0. The molecule has 0 fully saturated rings. The van der Waals surface area contributed by atoms with E-state index in [0.29, 0.717) is 16.9 Å². The maximum absolute atomic E-state index is 12.8. The maximum atomic E-state index is 12.8. The van der Waals surface area contributed by atoms with Crippen LogP contribution in [0.1, 0.15) is 36.6 Å². The molecular formula is C19H24N4O. The van der Waals surface area contributed by atoms with Crippen LogP contribution in [0.5, 0.6) is 0 Å². The van der Waals surface area contributed by atoms with Crippen LogP contribution >= 0.6 is 0 Å². The number of aryl methyl sites for hydroxylation is 1.